The lowest BCUT2D eigenvalue weighted by atomic mass is 10.1. The molecule has 3 nitrogen and oxygen atoms in total. The van der Waals surface area contributed by atoms with E-state index in [0.29, 0.717) is 21.3 Å². The minimum atomic E-state index is -0.0986. The topological polar surface area (TPSA) is 34.9 Å². The molecule has 1 heterocycles. The molecule has 0 aliphatic carbocycles. The number of aryl methyl sites for hydroxylation is 1. The van der Waals surface area contributed by atoms with Gasteiger partial charge in [0.05, 0.1) is 11.4 Å². The van der Waals surface area contributed by atoms with Gasteiger partial charge in [0.1, 0.15) is 5.15 Å². The minimum absolute atomic E-state index is 0.0986. The number of halogens is 3. The number of ketones is 1. The van der Waals surface area contributed by atoms with Crippen LogP contribution in [0.15, 0.2) is 59.1 Å². The van der Waals surface area contributed by atoms with E-state index in [4.69, 9.17) is 23.2 Å². The van der Waals surface area contributed by atoms with Crippen LogP contribution >= 0.6 is 39.1 Å². The number of carbonyl (C=O) groups is 1. The smallest absolute Gasteiger partial charge is 0.185 e. The average Bonchev–Trinajstić information content (AvgIpc) is 2.88. The van der Waals surface area contributed by atoms with E-state index in [9.17, 15) is 4.79 Å². The lowest BCUT2D eigenvalue weighted by Crippen LogP contribution is -1.96. The summed E-state index contributed by atoms with van der Waals surface area (Å²) in [6.07, 6.45) is 3.19. The van der Waals surface area contributed by atoms with Crippen molar-refractivity contribution in [1.82, 2.24) is 9.78 Å². The van der Waals surface area contributed by atoms with Crippen molar-refractivity contribution in [2.24, 2.45) is 0 Å². The molecule has 3 rings (SSSR count). The van der Waals surface area contributed by atoms with Crippen LogP contribution in [0.1, 0.15) is 21.6 Å². The van der Waals surface area contributed by atoms with Gasteiger partial charge in [-0.25, -0.2) is 4.68 Å². The fourth-order valence-electron chi connectivity index (χ4n) is 2.35. The summed E-state index contributed by atoms with van der Waals surface area (Å²) in [5, 5.41) is 5.47. The number of benzene rings is 2. The zero-order valence-electron chi connectivity index (χ0n) is 13.2. The zero-order valence-corrected chi connectivity index (χ0v) is 16.3. The molecular weight excluding hydrogens is 423 g/mol. The van der Waals surface area contributed by atoms with Gasteiger partial charge in [-0.05, 0) is 61.5 Å². The van der Waals surface area contributed by atoms with Crippen molar-refractivity contribution in [3.8, 4) is 5.69 Å². The van der Waals surface area contributed by atoms with Crippen LogP contribution in [0.4, 0.5) is 0 Å². The summed E-state index contributed by atoms with van der Waals surface area (Å²) in [6, 6.07) is 14.4. The van der Waals surface area contributed by atoms with E-state index in [0.717, 1.165) is 15.9 Å². The molecule has 0 spiro atoms. The van der Waals surface area contributed by atoms with Crippen LogP contribution in [0.25, 0.3) is 11.8 Å². The lowest BCUT2D eigenvalue weighted by Gasteiger charge is -2.03. The molecule has 25 heavy (non-hydrogen) atoms. The fourth-order valence-corrected chi connectivity index (χ4v) is 3.13. The molecule has 1 aromatic heterocycles. The van der Waals surface area contributed by atoms with Crippen LogP contribution in [0.5, 0.6) is 0 Å². The van der Waals surface area contributed by atoms with Gasteiger partial charge in [0.2, 0.25) is 0 Å². The summed E-state index contributed by atoms with van der Waals surface area (Å²) in [5.41, 5.74) is 2.80. The minimum Gasteiger partial charge on any atom is -0.289 e. The Bertz CT molecular complexity index is 962. The van der Waals surface area contributed by atoms with Gasteiger partial charge in [-0.2, -0.15) is 5.10 Å². The molecule has 0 aliphatic heterocycles. The number of carbonyl (C=O) groups excluding carboxylic acids is 1. The van der Waals surface area contributed by atoms with Crippen LogP contribution in [0.2, 0.25) is 10.2 Å². The zero-order chi connectivity index (χ0) is 18.0. The molecule has 3 aromatic rings. The molecule has 0 atom stereocenters. The van der Waals surface area contributed by atoms with Crippen LogP contribution in [0.3, 0.4) is 0 Å². The molecule has 0 unspecified atom stereocenters. The molecule has 0 N–H and O–H groups in total. The van der Waals surface area contributed by atoms with E-state index in [-0.39, 0.29) is 5.78 Å². The third kappa shape index (κ3) is 4.03. The van der Waals surface area contributed by atoms with Crippen LogP contribution in [-0.2, 0) is 0 Å². The normalized spacial score (nSPS) is 11.2. The highest BCUT2D eigenvalue weighted by atomic mass is 79.9. The first kappa shape index (κ1) is 17.9. The quantitative estimate of drug-likeness (QED) is 0.364. The van der Waals surface area contributed by atoms with E-state index in [1.54, 1.807) is 35.0 Å². The molecule has 0 aliphatic rings. The number of hydrogen-bond donors (Lipinski definition) is 0. The third-order valence-corrected chi connectivity index (χ3v) is 4.76. The molecule has 0 saturated heterocycles. The predicted octanol–water partition coefficient (Wildman–Crippen LogP) is 6.15. The van der Waals surface area contributed by atoms with Gasteiger partial charge in [0.15, 0.2) is 5.78 Å². The average molecular weight is 436 g/mol. The third-order valence-electron chi connectivity index (χ3n) is 3.63. The molecule has 0 bridgehead atoms. The van der Waals surface area contributed by atoms with Gasteiger partial charge in [0, 0.05) is 20.6 Å². The molecule has 0 saturated carbocycles. The van der Waals surface area contributed by atoms with Crippen molar-refractivity contribution in [3.63, 3.8) is 0 Å². The van der Waals surface area contributed by atoms with Gasteiger partial charge in [0.25, 0.3) is 0 Å². The highest BCUT2D eigenvalue weighted by molar-refractivity contribution is 9.10. The maximum absolute atomic E-state index is 12.3. The van der Waals surface area contributed by atoms with Crippen LogP contribution in [-0.4, -0.2) is 15.6 Å². The highest BCUT2D eigenvalue weighted by Crippen LogP contribution is 2.26. The Morgan fingerprint density at radius 3 is 2.56 bits per heavy atom. The van der Waals surface area contributed by atoms with Gasteiger partial charge >= 0.3 is 0 Å². The van der Waals surface area contributed by atoms with Crippen molar-refractivity contribution in [1.29, 1.82) is 0 Å². The van der Waals surface area contributed by atoms with Gasteiger partial charge in [-0.3, -0.25) is 4.79 Å². The van der Waals surface area contributed by atoms with Crippen molar-refractivity contribution in [2.75, 3.05) is 0 Å². The first-order valence-corrected chi connectivity index (χ1v) is 8.99. The number of hydrogen-bond acceptors (Lipinski definition) is 2. The summed E-state index contributed by atoms with van der Waals surface area (Å²) >= 11 is 15.8. The summed E-state index contributed by atoms with van der Waals surface area (Å²) in [4.78, 5) is 12.3. The first-order chi connectivity index (χ1) is 12.0. The standard InChI is InChI=1S/C19H13BrCl2N2O/c1-12-17(9-10-18(25)13-5-7-14(20)8-6-13)19(22)24(23-12)16-4-2-3-15(21)11-16/h2-11H,1H3. The first-order valence-electron chi connectivity index (χ1n) is 7.45. The maximum atomic E-state index is 12.3. The Morgan fingerprint density at radius 2 is 1.88 bits per heavy atom. The Kier molecular flexibility index (Phi) is 5.42. The molecule has 126 valence electrons. The predicted molar refractivity (Wildman–Crippen MR) is 106 cm³/mol. The monoisotopic (exact) mass is 434 g/mol. The second-order valence-corrected chi connectivity index (χ2v) is 7.10. The molecule has 2 aromatic carbocycles. The molecule has 0 radical (unpaired) electrons. The van der Waals surface area contributed by atoms with Crippen molar-refractivity contribution >= 4 is 51.0 Å². The van der Waals surface area contributed by atoms with E-state index in [1.165, 1.54) is 6.08 Å². The molecular formula is C19H13BrCl2N2O. The number of aromatic nitrogens is 2. The fraction of sp³-hybridized carbons (Fsp3) is 0.0526. The number of rotatable bonds is 4. The summed E-state index contributed by atoms with van der Waals surface area (Å²) in [7, 11) is 0. The van der Waals surface area contributed by atoms with Crippen molar-refractivity contribution in [2.45, 2.75) is 6.92 Å². The van der Waals surface area contributed by atoms with Crippen molar-refractivity contribution in [3.05, 3.63) is 86.1 Å². The largest absolute Gasteiger partial charge is 0.289 e. The van der Waals surface area contributed by atoms with E-state index >= 15 is 0 Å². The van der Waals surface area contributed by atoms with E-state index in [1.807, 2.05) is 31.2 Å². The Balaban J connectivity index is 1.90. The Morgan fingerprint density at radius 1 is 1.16 bits per heavy atom. The summed E-state index contributed by atoms with van der Waals surface area (Å²) in [6.45, 7) is 1.84. The maximum Gasteiger partial charge on any atom is 0.185 e. The number of allylic oxidation sites excluding steroid dienone is 1. The van der Waals surface area contributed by atoms with Gasteiger partial charge < -0.3 is 0 Å². The van der Waals surface area contributed by atoms with Gasteiger partial charge in [-0.1, -0.05) is 45.2 Å². The van der Waals surface area contributed by atoms with E-state index < -0.39 is 0 Å². The lowest BCUT2D eigenvalue weighted by molar-refractivity contribution is 0.104. The summed E-state index contributed by atoms with van der Waals surface area (Å²) < 4.78 is 2.53. The molecule has 0 amide bonds. The number of nitrogens with zero attached hydrogens (tertiary/aromatic N) is 2. The van der Waals surface area contributed by atoms with Gasteiger partial charge in [-0.15, -0.1) is 0 Å². The molecule has 6 heteroatoms. The second kappa shape index (κ2) is 7.56. The Hall–Kier alpha value is -1.88. The summed E-state index contributed by atoms with van der Waals surface area (Å²) in [5.74, 6) is -0.0986. The SMILES string of the molecule is Cc1nn(-c2cccc(Cl)c2)c(Cl)c1C=CC(=O)c1ccc(Br)cc1. The Labute approximate surface area is 164 Å². The van der Waals surface area contributed by atoms with Crippen LogP contribution in [0, 0.1) is 6.92 Å². The van der Waals surface area contributed by atoms with E-state index in [2.05, 4.69) is 21.0 Å². The van der Waals surface area contributed by atoms with Crippen LogP contribution < -0.4 is 0 Å². The van der Waals surface area contributed by atoms with Crippen molar-refractivity contribution < 1.29 is 4.79 Å². The second-order valence-electron chi connectivity index (χ2n) is 5.39. The molecule has 0 fully saturated rings. The highest BCUT2D eigenvalue weighted by Gasteiger charge is 2.13.